The first-order chi connectivity index (χ1) is 5.95. The maximum absolute atomic E-state index is 11.1. The third kappa shape index (κ3) is 2.63. The average Bonchev–Trinajstić information content (AvgIpc) is 2.03. The van der Waals surface area contributed by atoms with Crippen LogP contribution in [-0.4, -0.2) is 19.7 Å². The van der Waals surface area contributed by atoms with Gasteiger partial charge in [-0.05, 0) is 40.6 Å². The van der Waals surface area contributed by atoms with Gasteiger partial charge in [-0.25, -0.2) is 13.4 Å². The second-order valence-corrected chi connectivity index (χ2v) is 5.86. The van der Waals surface area contributed by atoms with E-state index >= 15 is 0 Å². The molecule has 0 unspecified atom stereocenters. The van der Waals surface area contributed by atoms with Gasteiger partial charge in [-0.15, -0.1) is 0 Å². The first-order valence-corrected chi connectivity index (χ1v) is 6.76. The van der Waals surface area contributed by atoms with Crippen molar-refractivity contribution in [1.82, 2.24) is 4.98 Å². The van der Waals surface area contributed by atoms with E-state index in [0.717, 1.165) is 15.6 Å². The highest BCUT2D eigenvalue weighted by molar-refractivity contribution is 14.1. The molecule has 1 heterocycles. The van der Waals surface area contributed by atoms with Crippen molar-refractivity contribution in [1.29, 1.82) is 0 Å². The van der Waals surface area contributed by atoms with Crippen molar-refractivity contribution in [2.45, 2.75) is 18.4 Å². The quantitative estimate of drug-likeness (QED) is 0.780. The Hall–Kier alpha value is -0.170. The van der Waals surface area contributed by atoms with Crippen molar-refractivity contribution in [2.75, 3.05) is 6.26 Å². The predicted octanol–water partition coefficient (Wildman–Crippen LogP) is 1.65. The van der Waals surface area contributed by atoms with E-state index in [1.807, 2.05) is 6.92 Å². The molecule has 0 aliphatic carbocycles. The maximum Gasteiger partial charge on any atom is 0.192 e. The standard InChI is InChI=1S/C8H10INO2S/c1-3-6-4-8(13(2,11)12)10-5-7(6)9/h4-5H,3H2,1-2H3. The van der Waals surface area contributed by atoms with Gasteiger partial charge in [0, 0.05) is 16.0 Å². The minimum Gasteiger partial charge on any atom is -0.244 e. The van der Waals surface area contributed by atoms with E-state index in [9.17, 15) is 8.42 Å². The molecular formula is C8H10INO2S. The molecule has 0 saturated heterocycles. The zero-order valence-electron chi connectivity index (χ0n) is 7.41. The Morgan fingerprint density at radius 3 is 2.62 bits per heavy atom. The minimum absolute atomic E-state index is 0.157. The van der Waals surface area contributed by atoms with E-state index in [1.54, 1.807) is 12.3 Å². The number of aromatic nitrogens is 1. The summed E-state index contributed by atoms with van der Waals surface area (Å²) in [5.74, 6) is 0. The zero-order chi connectivity index (χ0) is 10.1. The summed E-state index contributed by atoms with van der Waals surface area (Å²) in [5, 5.41) is 0.157. The van der Waals surface area contributed by atoms with E-state index < -0.39 is 9.84 Å². The zero-order valence-corrected chi connectivity index (χ0v) is 10.4. The molecular weight excluding hydrogens is 301 g/mol. The largest absolute Gasteiger partial charge is 0.244 e. The van der Waals surface area contributed by atoms with Gasteiger partial charge >= 0.3 is 0 Å². The Balaban J connectivity index is 3.30. The van der Waals surface area contributed by atoms with Crippen LogP contribution in [0.25, 0.3) is 0 Å². The van der Waals surface area contributed by atoms with Crippen molar-refractivity contribution in [3.8, 4) is 0 Å². The Labute approximate surface area is 91.6 Å². The van der Waals surface area contributed by atoms with Crippen LogP contribution < -0.4 is 0 Å². The predicted molar refractivity (Wildman–Crippen MR) is 59.4 cm³/mol. The molecule has 0 bridgehead atoms. The SMILES string of the molecule is CCc1cc(S(C)(=O)=O)ncc1I. The molecule has 0 N–H and O–H groups in total. The molecule has 0 radical (unpaired) electrons. The number of pyridine rings is 1. The highest BCUT2D eigenvalue weighted by Gasteiger charge is 2.10. The molecule has 0 amide bonds. The van der Waals surface area contributed by atoms with Crippen LogP contribution in [0.2, 0.25) is 0 Å². The average molecular weight is 311 g/mol. The van der Waals surface area contributed by atoms with Crippen LogP contribution in [0, 0.1) is 3.57 Å². The topological polar surface area (TPSA) is 47.0 Å². The molecule has 0 atom stereocenters. The number of aryl methyl sites for hydroxylation is 1. The third-order valence-electron chi connectivity index (χ3n) is 1.67. The molecule has 0 fully saturated rings. The van der Waals surface area contributed by atoms with Crippen LogP contribution in [0.4, 0.5) is 0 Å². The highest BCUT2D eigenvalue weighted by Crippen LogP contribution is 2.15. The molecule has 13 heavy (non-hydrogen) atoms. The summed E-state index contributed by atoms with van der Waals surface area (Å²) in [6.45, 7) is 1.99. The smallest absolute Gasteiger partial charge is 0.192 e. The fraction of sp³-hybridized carbons (Fsp3) is 0.375. The summed E-state index contributed by atoms with van der Waals surface area (Å²) >= 11 is 2.15. The fourth-order valence-electron chi connectivity index (χ4n) is 0.932. The van der Waals surface area contributed by atoms with Gasteiger partial charge < -0.3 is 0 Å². The number of sulfone groups is 1. The lowest BCUT2D eigenvalue weighted by atomic mass is 10.2. The van der Waals surface area contributed by atoms with Gasteiger partial charge in [-0.2, -0.15) is 0 Å². The van der Waals surface area contributed by atoms with Gasteiger partial charge in [0.1, 0.15) is 0 Å². The van der Waals surface area contributed by atoms with Crippen molar-refractivity contribution < 1.29 is 8.42 Å². The number of hydrogen-bond donors (Lipinski definition) is 0. The Morgan fingerprint density at radius 1 is 1.54 bits per heavy atom. The monoisotopic (exact) mass is 311 g/mol. The fourth-order valence-corrected chi connectivity index (χ4v) is 2.21. The molecule has 5 heteroatoms. The lowest BCUT2D eigenvalue weighted by molar-refractivity contribution is 0.598. The summed E-state index contributed by atoms with van der Waals surface area (Å²) in [4.78, 5) is 3.86. The van der Waals surface area contributed by atoms with Crippen LogP contribution in [0.15, 0.2) is 17.3 Å². The summed E-state index contributed by atoms with van der Waals surface area (Å²) in [6, 6.07) is 1.64. The minimum atomic E-state index is -3.17. The summed E-state index contributed by atoms with van der Waals surface area (Å²) in [7, 11) is -3.17. The number of rotatable bonds is 2. The van der Waals surface area contributed by atoms with Crippen LogP contribution in [0.1, 0.15) is 12.5 Å². The second kappa shape index (κ2) is 3.91. The number of halogens is 1. The lowest BCUT2D eigenvalue weighted by Crippen LogP contribution is -2.02. The van der Waals surface area contributed by atoms with Gasteiger partial charge in [0.15, 0.2) is 14.9 Å². The van der Waals surface area contributed by atoms with Gasteiger partial charge in [-0.3, -0.25) is 0 Å². The van der Waals surface area contributed by atoms with E-state index in [1.165, 1.54) is 6.26 Å². The summed E-state index contributed by atoms with van der Waals surface area (Å²) in [6.07, 6.45) is 3.58. The summed E-state index contributed by atoms with van der Waals surface area (Å²) < 4.78 is 23.3. The molecule has 0 aliphatic rings. The van der Waals surface area contributed by atoms with Gasteiger partial charge in [0.25, 0.3) is 0 Å². The molecule has 0 saturated carbocycles. The Bertz CT molecular complexity index is 414. The molecule has 1 aromatic rings. The first-order valence-electron chi connectivity index (χ1n) is 3.79. The van der Waals surface area contributed by atoms with Gasteiger partial charge in [-0.1, -0.05) is 6.92 Å². The van der Waals surface area contributed by atoms with E-state index in [0.29, 0.717) is 0 Å². The van der Waals surface area contributed by atoms with Crippen molar-refractivity contribution in [3.63, 3.8) is 0 Å². The molecule has 3 nitrogen and oxygen atoms in total. The van der Waals surface area contributed by atoms with Crippen LogP contribution in [-0.2, 0) is 16.3 Å². The summed E-state index contributed by atoms with van der Waals surface area (Å²) in [5.41, 5.74) is 1.02. The first kappa shape index (κ1) is 10.9. The Kier molecular flexibility index (Phi) is 3.28. The van der Waals surface area contributed by atoms with Gasteiger partial charge in [0.05, 0.1) is 0 Å². The normalized spacial score (nSPS) is 11.6. The van der Waals surface area contributed by atoms with Crippen molar-refractivity contribution in [3.05, 3.63) is 21.4 Å². The van der Waals surface area contributed by atoms with Crippen LogP contribution in [0.3, 0.4) is 0 Å². The van der Waals surface area contributed by atoms with Crippen molar-refractivity contribution in [2.24, 2.45) is 0 Å². The van der Waals surface area contributed by atoms with E-state index in [2.05, 4.69) is 27.6 Å². The maximum atomic E-state index is 11.1. The Morgan fingerprint density at radius 2 is 2.15 bits per heavy atom. The van der Waals surface area contributed by atoms with Crippen LogP contribution >= 0.6 is 22.6 Å². The lowest BCUT2D eigenvalue weighted by Gasteiger charge is -2.02. The molecule has 0 spiro atoms. The second-order valence-electron chi connectivity index (χ2n) is 2.74. The van der Waals surface area contributed by atoms with Crippen molar-refractivity contribution >= 4 is 32.4 Å². The van der Waals surface area contributed by atoms with Crippen LogP contribution in [0.5, 0.6) is 0 Å². The molecule has 0 aromatic carbocycles. The van der Waals surface area contributed by atoms with E-state index in [4.69, 9.17) is 0 Å². The highest BCUT2D eigenvalue weighted by atomic mass is 127. The third-order valence-corrected chi connectivity index (χ3v) is 3.62. The molecule has 0 aliphatic heterocycles. The number of nitrogens with zero attached hydrogens (tertiary/aromatic N) is 1. The van der Waals surface area contributed by atoms with E-state index in [-0.39, 0.29) is 5.03 Å². The molecule has 1 aromatic heterocycles. The molecule has 1 rings (SSSR count). The molecule has 72 valence electrons. The number of hydrogen-bond acceptors (Lipinski definition) is 3. The van der Waals surface area contributed by atoms with Gasteiger partial charge in [0.2, 0.25) is 0 Å².